The van der Waals surface area contributed by atoms with Gasteiger partial charge in [-0.3, -0.25) is 4.79 Å². The molecule has 0 aliphatic carbocycles. The predicted octanol–water partition coefficient (Wildman–Crippen LogP) is 3.85. The molecule has 28 heavy (non-hydrogen) atoms. The maximum Gasteiger partial charge on any atom is 0.222 e. The van der Waals surface area contributed by atoms with Crippen LogP contribution in [0, 0.1) is 6.92 Å². The van der Waals surface area contributed by atoms with Crippen molar-refractivity contribution in [1.82, 2.24) is 14.9 Å². The SMILES string of the molecule is CCC(=O)N1CCC[C@@H](c2nc(C)c3c(n2)N(Cc2ccccc2)CCC3)C1. The Morgan fingerprint density at radius 2 is 1.96 bits per heavy atom. The van der Waals surface area contributed by atoms with Gasteiger partial charge in [-0.05, 0) is 38.2 Å². The van der Waals surface area contributed by atoms with E-state index in [9.17, 15) is 4.79 Å². The number of piperidine rings is 1. The first-order chi connectivity index (χ1) is 13.7. The minimum atomic E-state index is 0.241. The Morgan fingerprint density at radius 1 is 1.14 bits per heavy atom. The van der Waals surface area contributed by atoms with E-state index < -0.39 is 0 Å². The summed E-state index contributed by atoms with van der Waals surface area (Å²) in [6, 6.07) is 10.6. The first-order valence-corrected chi connectivity index (χ1v) is 10.6. The Bertz CT molecular complexity index is 836. The number of benzene rings is 1. The zero-order valence-electron chi connectivity index (χ0n) is 17.0. The van der Waals surface area contributed by atoms with Crippen LogP contribution in [0.25, 0.3) is 0 Å². The molecule has 0 spiro atoms. The van der Waals surface area contributed by atoms with Crippen molar-refractivity contribution in [2.45, 2.75) is 58.4 Å². The van der Waals surface area contributed by atoms with Crippen LogP contribution in [-0.2, 0) is 17.8 Å². The van der Waals surface area contributed by atoms with E-state index in [1.165, 1.54) is 11.1 Å². The molecule has 0 radical (unpaired) electrons. The highest BCUT2D eigenvalue weighted by atomic mass is 16.2. The average Bonchev–Trinajstić information content (AvgIpc) is 2.74. The fraction of sp³-hybridized carbons (Fsp3) is 0.522. The molecule has 4 rings (SSSR count). The van der Waals surface area contributed by atoms with Crippen LogP contribution >= 0.6 is 0 Å². The molecule has 2 aromatic rings. The summed E-state index contributed by atoms with van der Waals surface area (Å²) in [6.07, 6.45) is 4.86. The van der Waals surface area contributed by atoms with Gasteiger partial charge in [0.2, 0.25) is 5.91 Å². The van der Waals surface area contributed by atoms with E-state index in [4.69, 9.17) is 9.97 Å². The number of amides is 1. The van der Waals surface area contributed by atoms with E-state index in [0.717, 1.165) is 69.2 Å². The molecule has 148 valence electrons. The second-order valence-corrected chi connectivity index (χ2v) is 8.01. The van der Waals surface area contributed by atoms with Crippen LogP contribution in [0.3, 0.4) is 0 Å². The number of hydrogen-bond acceptors (Lipinski definition) is 4. The van der Waals surface area contributed by atoms with Crippen molar-refractivity contribution in [3.63, 3.8) is 0 Å². The molecule has 5 nitrogen and oxygen atoms in total. The number of likely N-dealkylation sites (tertiary alicyclic amines) is 1. The van der Waals surface area contributed by atoms with Crippen LogP contribution in [0.5, 0.6) is 0 Å². The molecular formula is C23H30N4O. The van der Waals surface area contributed by atoms with Crippen molar-refractivity contribution in [2.24, 2.45) is 0 Å². The van der Waals surface area contributed by atoms with Crippen LogP contribution in [0.15, 0.2) is 30.3 Å². The number of carbonyl (C=O) groups excluding carboxylic acids is 1. The summed E-state index contributed by atoms with van der Waals surface area (Å²) in [6.45, 7) is 7.59. The second-order valence-electron chi connectivity index (χ2n) is 8.01. The molecule has 1 saturated heterocycles. The molecule has 0 N–H and O–H groups in total. The van der Waals surface area contributed by atoms with Gasteiger partial charge in [0.1, 0.15) is 11.6 Å². The highest BCUT2D eigenvalue weighted by Crippen LogP contribution is 2.32. The average molecular weight is 379 g/mol. The molecule has 2 aliphatic rings. The highest BCUT2D eigenvalue weighted by molar-refractivity contribution is 5.76. The Kier molecular flexibility index (Phi) is 5.60. The Balaban J connectivity index is 1.61. The molecule has 3 heterocycles. The third-order valence-corrected chi connectivity index (χ3v) is 6.02. The molecule has 5 heteroatoms. The van der Waals surface area contributed by atoms with Gasteiger partial charge in [-0.15, -0.1) is 0 Å². The van der Waals surface area contributed by atoms with Gasteiger partial charge in [0.15, 0.2) is 0 Å². The van der Waals surface area contributed by atoms with Crippen LogP contribution < -0.4 is 4.90 Å². The lowest BCUT2D eigenvalue weighted by atomic mass is 9.95. The van der Waals surface area contributed by atoms with Crippen molar-refractivity contribution in [1.29, 1.82) is 0 Å². The summed E-state index contributed by atoms with van der Waals surface area (Å²) in [5, 5.41) is 0. The van der Waals surface area contributed by atoms with E-state index in [1.54, 1.807) is 0 Å². The normalized spacial score (nSPS) is 19.4. The standard InChI is InChI=1S/C23H30N4O/c1-3-21(28)26-13-7-11-19(16-26)22-24-17(2)20-12-8-14-27(23(20)25-22)15-18-9-5-4-6-10-18/h4-6,9-10,19H,3,7-8,11-16H2,1-2H3/t19-/m1/s1. The first kappa shape index (κ1) is 18.9. The summed E-state index contributed by atoms with van der Waals surface area (Å²) < 4.78 is 0. The Hall–Kier alpha value is -2.43. The maximum atomic E-state index is 12.2. The number of fused-ring (bicyclic) bond motifs is 1. The summed E-state index contributed by atoms with van der Waals surface area (Å²) in [4.78, 5) is 26.5. The van der Waals surface area contributed by atoms with E-state index in [2.05, 4.69) is 42.2 Å². The number of carbonyl (C=O) groups is 1. The summed E-state index contributed by atoms with van der Waals surface area (Å²) in [5.41, 5.74) is 3.71. The lowest BCUT2D eigenvalue weighted by Gasteiger charge is -2.34. The molecule has 2 aliphatic heterocycles. The number of aryl methyl sites for hydroxylation is 1. The molecule has 1 aromatic carbocycles. The number of rotatable bonds is 4. The number of nitrogens with zero attached hydrogens (tertiary/aromatic N) is 4. The van der Waals surface area contributed by atoms with Gasteiger partial charge in [-0.1, -0.05) is 37.3 Å². The molecule has 1 aromatic heterocycles. The lowest BCUT2D eigenvalue weighted by molar-refractivity contribution is -0.132. The molecule has 0 saturated carbocycles. The second kappa shape index (κ2) is 8.29. The molecule has 1 fully saturated rings. The van der Waals surface area contributed by atoms with Crippen molar-refractivity contribution in [2.75, 3.05) is 24.5 Å². The smallest absolute Gasteiger partial charge is 0.222 e. The topological polar surface area (TPSA) is 49.3 Å². The van der Waals surface area contributed by atoms with Crippen LogP contribution in [0.2, 0.25) is 0 Å². The Morgan fingerprint density at radius 3 is 2.75 bits per heavy atom. The molecule has 1 atom stereocenters. The largest absolute Gasteiger partial charge is 0.352 e. The molecule has 0 unspecified atom stereocenters. The van der Waals surface area contributed by atoms with Gasteiger partial charge in [-0.2, -0.15) is 0 Å². The maximum absolute atomic E-state index is 12.2. The van der Waals surface area contributed by atoms with Crippen LogP contribution in [-0.4, -0.2) is 40.4 Å². The molecular weight excluding hydrogens is 348 g/mol. The minimum absolute atomic E-state index is 0.241. The van der Waals surface area contributed by atoms with Crippen molar-refractivity contribution < 1.29 is 4.79 Å². The van der Waals surface area contributed by atoms with Gasteiger partial charge in [0.25, 0.3) is 0 Å². The van der Waals surface area contributed by atoms with E-state index in [0.29, 0.717) is 6.42 Å². The summed E-state index contributed by atoms with van der Waals surface area (Å²) in [5.74, 6) is 2.51. The zero-order chi connectivity index (χ0) is 19.5. The van der Waals surface area contributed by atoms with Crippen LogP contribution in [0.4, 0.5) is 5.82 Å². The lowest BCUT2D eigenvalue weighted by Crippen LogP contribution is -2.39. The number of hydrogen-bond donors (Lipinski definition) is 0. The van der Waals surface area contributed by atoms with E-state index in [-0.39, 0.29) is 11.8 Å². The third kappa shape index (κ3) is 3.89. The van der Waals surface area contributed by atoms with Gasteiger partial charge in [0.05, 0.1) is 0 Å². The molecule has 1 amide bonds. The fourth-order valence-corrected chi connectivity index (χ4v) is 4.49. The summed E-state index contributed by atoms with van der Waals surface area (Å²) >= 11 is 0. The van der Waals surface area contributed by atoms with Crippen molar-refractivity contribution in [3.05, 3.63) is 53.0 Å². The number of aromatic nitrogens is 2. The van der Waals surface area contributed by atoms with Gasteiger partial charge >= 0.3 is 0 Å². The zero-order valence-corrected chi connectivity index (χ0v) is 17.0. The molecule has 0 bridgehead atoms. The minimum Gasteiger partial charge on any atom is -0.352 e. The van der Waals surface area contributed by atoms with Crippen LogP contribution in [0.1, 0.15) is 61.2 Å². The first-order valence-electron chi connectivity index (χ1n) is 10.6. The Labute approximate surface area is 167 Å². The quantitative estimate of drug-likeness (QED) is 0.811. The summed E-state index contributed by atoms with van der Waals surface area (Å²) in [7, 11) is 0. The van der Waals surface area contributed by atoms with Gasteiger partial charge in [-0.25, -0.2) is 9.97 Å². The fourth-order valence-electron chi connectivity index (χ4n) is 4.49. The van der Waals surface area contributed by atoms with Crippen molar-refractivity contribution in [3.8, 4) is 0 Å². The highest BCUT2D eigenvalue weighted by Gasteiger charge is 2.29. The third-order valence-electron chi connectivity index (χ3n) is 6.02. The van der Waals surface area contributed by atoms with Gasteiger partial charge < -0.3 is 9.80 Å². The predicted molar refractivity (Wildman–Crippen MR) is 111 cm³/mol. The monoisotopic (exact) mass is 378 g/mol. The van der Waals surface area contributed by atoms with Crippen molar-refractivity contribution >= 4 is 11.7 Å². The van der Waals surface area contributed by atoms with E-state index in [1.807, 2.05) is 11.8 Å². The number of anilines is 1. The van der Waals surface area contributed by atoms with Gasteiger partial charge in [0, 0.05) is 49.8 Å². The van der Waals surface area contributed by atoms with E-state index >= 15 is 0 Å².